The van der Waals surface area contributed by atoms with Crippen LogP contribution >= 0.6 is 0 Å². The largest absolute Gasteiger partial charge is 0.458 e. The Balaban J connectivity index is 4.37. The Morgan fingerprint density at radius 2 is 1.31 bits per heavy atom. The van der Waals surface area contributed by atoms with Crippen molar-refractivity contribution in [3.63, 3.8) is 0 Å². The summed E-state index contributed by atoms with van der Waals surface area (Å²) in [6.45, 7) is 17.7. The fourth-order valence-corrected chi connectivity index (χ4v) is 2.15. The van der Waals surface area contributed by atoms with Gasteiger partial charge in [0, 0.05) is 11.1 Å². The Bertz CT molecular complexity index is 410. The van der Waals surface area contributed by atoms with Gasteiger partial charge in [-0.25, -0.2) is 4.79 Å². The lowest BCUT2D eigenvalue weighted by molar-refractivity contribution is -0.160. The molecule has 0 aromatic heterocycles. The molecule has 7 nitrogen and oxygen atoms in total. The number of hydrogen-bond donors (Lipinski definition) is 2. The fourth-order valence-electron chi connectivity index (χ4n) is 2.15. The van der Waals surface area contributed by atoms with Crippen LogP contribution in [0, 0.1) is 0 Å². The molecule has 2 N–H and O–H groups in total. The molecule has 0 fully saturated rings. The quantitative estimate of drug-likeness (QED) is 0.601. The minimum Gasteiger partial charge on any atom is -0.458 e. The Labute approximate surface area is 158 Å². The van der Waals surface area contributed by atoms with Gasteiger partial charge in [0.1, 0.15) is 18.8 Å². The Kier molecular flexibility index (Phi) is 9.77. The second-order valence-electron chi connectivity index (χ2n) is 9.51. The maximum atomic E-state index is 11.8. The summed E-state index contributed by atoms with van der Waals surface area (Å²) >= 11 is 0. The number of carbonyl (C=O) groups is 2. The summed E-state index contributed by atoms with van der Waals surface area (Å²) in [4.78, 5) is 23.5. The van der Waals surface area contributed by atoms with Gasteiger partial charge in [-0.05, 0) is 62.3 Å². The summed E-state index contributed by atoms with van der Waals surface area (Å²) in [5.41, 5.74) is -0.982. The highest BCUT2D eigenvalue weighted by Gasteiger charge is 2.21. The fraction of sp³-hybridized carbons (Fsp3) is 0.895. The molecule has 0 aliphatic carbocycles. The molecule has 0 aliphatic rings. The average Bonchev–Trinajstić information content (AvgIpc) is 2.31. The van der Waals surface area contributed by atoms with Crippen LogP contribution in [0.4, 0.5) is 0 Å². The second kappa shape index (κ2) is 10.2. The SMILES string of the molecule is CC(C)(C)NC(=O)COCC(COCC(=O)OC(C)(C)C)NC(C)(C)C. The van der Waals surface area contributed by atoms with E-state index in [2.05, 4.69) is 10.6 Å². The molecule has 1 amide bonds. The summed E-state index contributed by atoms with van der Waals surface area (Å²) in [6, 6.07) is -0.153. The van der Waals surface area contributed by atoms with Crippen LogP contribution in [-0.4, -0.2) is 61.0 Å². The monoisotopic (exact) mass is 374 g/mol. The van der Waals surface area contributed by atoms with Crippen LogP contribution in [0.15, 0.2) is 0 Å². The lowest BCUT2D eigenvalue weighted by atomic mass is 10.1. The third-order valence-electron chi connectivity index (χ3n) is 2.66. The number of esters is 1. The summed E-state index contributed by atoms with van der Waals surface area (Å²) < 4.78 is 16.2. The molecular formula is C19H38N2O5. The molecule has 0 spiro atoms. The standard InChI is InChI=1S/C19H38N2O5/c1-17(2,3)20-14(10-24-12-15(22)21-18(4,5)6)11-25-13-16(23)26-19(7,8)9/h14,20H,10-13H2,1-9H3,(H,21,22). The number of nitrogens with one attached hydrogen (secondary N) is 2. The van der Waals surface area contributed by atoms with E-state index < -0.39 is 11.6 Å². The first-order valence-corrected chi connectivity index (χ1v) is 9.03. The van der Waals surface area contributed by atoms with Gasteiger partial charge in [0.05, 0.1) is 19.3 Å². The molecule has 154 valence electrons. The van der Waals surface area contributed by atoms with Crippen molar-refractivity contribution in [2.24, 2.45) is 0 Å². The van der Waals surface area contributed by atoms with Gasteiger partial charge >= 0.3 is 5.97 Å². The summed E-state index contributed by atoms with van der Waals surface area (Å²) in [5, 5.41) is 6.21. The molecule has 0 radical (unpaired) electrons. The van der Waals surface area contributed by atoms with Crippen molar-refractivity contribution < 1.29 is 23.8 Å². The van der Waals surface area contributed by atoms with E-state index in [-0.39, 0.29) is 42.8 Å². The van der Waals surface area contributed by atoms with E-state index in [9.17, 15) is 9.59 Å². The number of ether oxygens (including phenoxy) is 3. The predicted molar refractivity (Wildman–Crippen MR) is 102 cm³/mol. The van der Waals surface area contributed by atoms with Gasteiger partial charge in [0.25, 0.3) is 0 Å². The minimum atomic E-state index is -0.535. The van der Waals surface area contributed by atoms with Gasteiger partial charge in [-0.3, -0.25) is 4.79 Å². The Morgan fingerprint density at radius 1 is 0.808 bits per heavy atom. The van der Waals surface area contributed by atoms with Crippen molar-refractivity contribution in [3.8, 4) is 0 Å². The minimum absolute atomic E-state index is 0.0222. The van der Waals surface area contributed by atoms with Crippen LogP contribution in [0.5, 0.6) is 0 Å². The van der Waals surface area contributed by atoms with E-state index >= 15 is 0 Å². The van der Waals surface area contributed by atoms with E-state index in [0.29, 0.717) is 6.61 Å². The first-order chi connectivity index (χ1) is 11.6. The first kappa shape index (κ1) is 24.8. The third-order valence-corrected chi connectivity index (χ3v) is 2.66. The van der Waals surface area contributed by atoms with Crippen LogP contribution in [0.2, 0.25) is 0 Å². The van der Waals surface area contributed by atoms with Gasteiger partial charge < -0.3 is 24.8 Å². The van der Waals surface area contributed by atoms with Crippen molar-refractivity contribution >= 4 is 11.9 Å². The van der Waals surface area contributed by atoms with Crippen LogP contribution < -0.4 is 10.6 Å². The van der Waals surface area contributed by atoms with Crippen molar-refractivity contribution in [2.45, 2.75) is 85.0 Å². The molecule has 7 heteroatoms. The van der Waals surface area contributed by atoms with Gasteiger partial charge in [0.15, 0.2) is 0 Å². The summed E-state index contributed by atoms with van der Waals surface area (Å²) in [5.74, 6) is -0.570. The Hall–Kier alpha value is -1.18. The van der Waals surface area contributed by atoms with Gasteiger partial charge in [0.2, 0.25) is 5.91 Å². The molecule has 1 unspecified atom stereocenters. The molecule has 0 rings (SSSR count). The zero-order chi connectivity index (χ0) is 20.6. The number of rotatable bonds is 9. The molecule has 0 aromatic rings. The maximum absolute atomic E-state index is 11.8. The van der Waals surface area contributed by atoms with E-state index in [1.807, 2.05) is 62.3 Å². The van der Waals surface area contributed by atoms with Crippen molar-refractivity contribution in [1.82, 2.24) is 10.6 Å². The lowest BCUT2D eigenvalue weighted by Gasteiger charge is -2.28. The molecule has 26 heavy (non-hydrogen) atoms. The Morgan fingerprint density at radius 3 is 1.73 bits per heavy atom. The molecule has 0 bridgehead atoms. The van der Waals surface area contributed by atoms with Crippen molar-refractivity contribution in [3.05, 3.63) is 0 Å². The molecule has 0 aliphatic heterocycles. The number of hydrogen-bond acceptors (Lipinski definition) is 6. The highest BCUT2D eigenvalue weighted by atomic mass is 16.6. The lowest BCUT2D eigenvalue weighted by Crippen LogP contribution is -2.49. The molecule has 0 saturated carbocycles. The van der Waals surface area contributed by atoms with Crippen LogP contribution in [0.3, 0.4) is 0 Å². The van der Waals surface area contributed by atoms with Crippen molar-refractivity contribution in [1.29, 1.82) is 0 Å². The van der Waals surface area contributed by atoms with E-state index in [1.54, 1.807) is 0 Å². The molecule has 1 atom stereocenters. The summed E-state index contributed by atoms with van der Waals surface area (Å²) in [6.07, 6.45) is 0. The van der Waals surface area contributed by atoms with E-state index in [4.69, 9.17) is 14.2 Å². The maximum Gasteiger partial charge on any atom is 0.332 e. The summed E-state index contributed by atoms with van der Waals surface area (Å²) in [7, 11) is 0. The number of carbonyl (C=O) groups excluding carboxylic acids is 2. The highest BCUT2D eigenvalue weighted by Crippen LogP contribution is 2.07. The van der Waals surface area contributed by atoms with E-state index in [1.165, 1.54) is 0 Å². The first-order valence-electron chi connectivity index (χ1n) is 9.03. The normalized spacial score (nSPS) is 14.0. The predicted octanol–water partition coefficient (Wildman–Crippen LogP) is 2.03. The average molecular weight is 375 g/mol. The van der Waals surface area contributed by atoms with Crippen LogP contribution in [0.25, 0.3) is 0 Å². The molecular weight excluding hydrogens is 336 g/mol. The zero-order valence-corrected chi connectivity index (χ0v) is 17.9. The molecule has 0 saturated heterocycles. The molecule has 0 heterocycles. The number of amides is 1. The topological polar surface area (TPSA) is 85.9 Å². The third kappa shape index (κ3) is 16.3. The van der Waals surface area contributed by atoms with E-state index in [0.717, 1.165) is 0 Å². The van der Waals surface area contributed by atoms with Crippen LogP contribution in [0.1, 0.15) is 62.3 Å². The van der Waals surface area contributed by atoms with Crippen molar-refractivity contribution in [2.75, 3.05) is 26.4 Å². The zero-order valence-electron chi connectivity index (χ0n) is 17.9. The van der Waals surface area contributed by atoms with Gasteiger partial charge in [-0.2, -0.15) is 0 Å². The smallest absolute Gasteiger partial charge is 0.332 e. The highest BCUT2D eigenvalue weighted by molar-refractivity contribution is 5.77. The van der Waals surface area contributed by atoms with Crippen LogP contribution in [-0.2, 0) is 23.8 Å². The van der Waals surface area contributed by atoms with Gasteiger partial charge in [-0.15, -0.1) is 0 Å². The second-order valence-corrected chi connectivity index (χ2v) is 9.51. The van der Waals surface area contributed by atoms with Gasteiger partial charge in [-0.1, -0.05) is 0 Å². The molecule has 0 aromatic carbocycles.